The molecule has 0 heterocycles. The van der Waals surface area contributed by atoms with Crippen molar-refractivity contribution in [2.45, 2.75) is 45.1 Å². The van der Waals surface area contributed by atoms with Crippen LogP contribution >= 0.6 is 12.6 Å². The molecule has 0 aromatic carbocycles. The van der Waals surface area contributed by atoms with Crippen molar-refractivity contribution in [1.82, 2.24) is 0 Å². The van der Waals surface area contributed by atoms with Crippen molar-refractivity contribution in [2.75, 3.05) is 21.3 Å². The van der Waals surface area contributed by atoms with Crippen LogP contribution in [0.2, 0.25) is 6.04 Å². The van der Waals surface area contributed by atoms with Gasteiger partial charge in [-0.2, -0.15) is 0 Å². The molecule has 6 heteroatoms. The Morgan fingerprint density at radius 1 is 1.00 bits per heavy atom. The quantitative estimate of drug-likeness (QED) is 0.306. The lowest BCUT2D eigenvalue weighted by Gasteiger charge is -2.24. The molecule has 17 heavy (non-hydrogen) atoms. The maximum atomic E-state index is 8.67. The van der Waals surface area contributed by atoms with Gasteiger partial charge in [0.15, 0.2) is 5.62 Å². The van der Waals surface area contributed by atoms with E-state index in [1.54, 1.807) is 21.3 Å². The lowest BCUT2D eigenvalue weighted by atomic mass is 10.2. The predicted molar refractivity (Wildman–Crippen MR) is 76.1 cm³/mol. The Kier molecular flexibility index (Phi) is 16.2. The van der Waals surface area contributed by atoms with Crippen molar-refractivity contribution < 1.29 is 18.1 Å². The van der Waals surface area contributed by atoms with Crippen LogP contribution in [0.15, 0.2) is 0 Å². The van der Waals surface area contributed by atoms with Gasteiger partial charge in [-0.25, -0.2) is 0 Å². The van der Waals surface area contributed by atoms with Gasteiger partial charge >= 0.3 is 8.80 Å². The Hall–Kier alpha value is 0.117. The van der Waals surface area contributed by atoms with Gasteiger partial charge in [0.05, 0.1) is 0 Å². The molecule has 0 unspecified atom stereocenters. The highest BCUT2D eigenvalue weighted by Gasteiger charge is 2.36. The highest BCUT2D eigenvalue weighted by atomic mass is 32.1. The largest absolute Gasteiger partial charge is 0.500 e. The lowest BCUT2D eigenvalue weighted by Crippen LogP contribution is -2.42. The second-order valence-electron chi connectivity index (χ2n) is 3.57. The summed E-state index contributed by atoms with van der Waals surface area (Å²) in [5, 5.41) is 0. The second-order valence-corrected chi connectivity index (χ2v) is 6.87. The average molecular weight is 282 g/mol. The Morgan fingerprint density at radius 3 is 1.76 bits per heavy atom. The van der Waals surface area contributed by atoms with E-state index in [0.29, 0.717) is 5.62 Å². The zero-order valence-electron chi connectivity index (χ0n) is 11.4. The van der Waals surface area contributed by atoms with Crippen LogP contribution < -0.4 is 0 Å². The second kappa shape index (κ2) is 14.2. The zero-order chi connectivity index (χ0) is 13.6. The van der Waals surface area contributed by atoms with Gasteiger partial charge in [-0.1, -0.05) is 32.6 Å². The van der Waals surface area contributed by atoms with Crippen molar-refractivity contribution in [2.24, 2.45) is 0 Å². The minimum Gasteiger partial charge on any atom is -0.377 e. The van der Waals surface area contributed by atoms with Crippen molar-refractivity contribution in [3.05, 3.63) is 0 Å². The van der Waals surface area contributed by atoms with Gasteiger partial charge in [0.2, 0.25) is 0 Å². The van der Waals surface area contributed by atoms with Gasteiger partial charge < -0.3 is 13.3 Å². The van der Waals surface area contributed by atoms with Crippen LogP contribution in [0, 0.1) is 0 Å². The van der Waals surface area contributed by atoms with Crippen LogP contribution in [-0.4, -0.2) is 35.8 Å². The fraction of sp³-hybridized carbons (Fsp3) is 0.909. The summed E-state index contributed by atoms with van der Waals surface area (Å²) in [6, 6.07) is 0.931. The fourth-order valence-electron chi connectivity index (χ4n) is 1.50. The van der Waals surface area contributed by atoms with Crippen molar-refractivity contribution in [3.8, 4) is 0 Å². The molecule has 0 atom stereocenters. The highest BCUT2D eigenvalue weighted by molar-refractivity contribution is 7.94. The van der Waals surface area contributed by atoms with Crippen LogP contribution in [0.25, 0.3) is 0 Å². The van der Waals surface area contributed by atoms with E-state index in [0.717, 1.165) is 12.5 Å². The van der Waals surface area contributed by atoms with E-state index < -0.39 is 8.80 Å². The molecule has 0 fully saturated rings. The third kappa shape index (κ3) is 11.0. The van der Waals surface area contributed by atoms with Crippen LogP contribution in [0.4, 0.5) is 0 Å². The molecule has 104 valence electrons. The molecule has 0 aromatic heterocycles. The number of unbranched alkanes of at least 4 members (excludes halogenated alkanes) is 4. The smallest absolute Gasteiger partial charge is 0.377 e. The van der Waals surface area contributed by atoms with Gasteiger partial charge in [0.1, 0.15) is 0 Å². The fourth-order valence-corrected chi connectivity index (χ4v) is 3.30. The number of thiol groups is 1. The molecular weight excluding hydrogens is 256 g/mol. The van der Waals surface area contributed by atoms with Crippen LogP contribution in [0.1, 0.15) is 39.0 Å². The normalized spacial score (nSPS) is 10.6. The summed E-state index contributed by atoms with van der Waals surface area (Å²) in [5.41, 5.74) is 0.444. The Bertz CT molecular complexity index is 157. The SMILES string of the molecule is CCCCCCC[Si](OC)(OC)OC.O=CS. The summed E-state index contributed by atoms with van der Waals surface area (Å²) >= 11 is 3.11. The lowest BCUT2D eigenvalue weighted by molar-refractivity contribution is 0.122. The topological polar surface area (TPSA) is 44.8 Å². The third-order valence-corrected chi connectivity index (χ3v) is 5.35. The molecular formula is C11H26O4SSi. The highest BCUT2D eigenvalue weighted by Crippen LogP contribution is 2.17. The minimum atomic E-state index is -2.28. The molecule has 0 aliphatic carbocycles. The van der Waals surface area contributed by atoms with E-state index in [1.807, 2.05) is 0 Å². The third-order valence-electron chi connectivity index (χ3n) is 2.52. The predicted octanol–water partition coefficient (Wildman–Crippen LogP) is 2.94. The maximum absolute atomic E-state index is 8.67. The first kappa shape index (κ1) is 19.5. The monoisotopic (exact) mass is 282 g/mol. The number of rotatable bonds is 9. The van der Waals surface area contributed by atoms with E-state index in [4.69, 9.17) is 18.1 Å². The van der Waals surface area contributed by atoms with E-state index in [1.165, 1.54) is 25.7 Å². The summed E-state index contributed by atoms with van der Waals surface area (Å²) in [6.07, 6.45) is 6.29. The summed E-state index contributed by atoms with van der Waals surface area (Å²) in [4.78, 5) is 8.67. The van der Waals surface area contributed by atoms with Gasteiger partial charge in [0.25, 0.3) is 0 Å². The van der Waals surface area contributed by atoms with E-state index >= 15 is 0 Å². The maximum Gasteiger partial charge on any atom is 0.500 e. The summed E-state index contributed by atoms with van der Waals surface area (Å²) in [7, 11) is 2.74. The first-order chi connectivity index (χ1) is 8.16. The number of carbonyl (C=O) groups excluding carboxylic acids is 1. The van der Waals surface area contributed by atoms with E-state index in [2.05, 4.69) is 19.6 Å². The molecule has 0 bridgehead atoms. The molecule has 0 N–H and O–H groups in total. The number of hydrogen-bond acceptors (Lipinski definition) is 4. The average Bonchev–Trinajstić information content (AvgIpc) is 2.36. The Labute approximate surface area is 112 Å². The number of carbonyl (C=O) groups is 1. The molecule has 0 spiro atoms. The minimum absolute atomic E-state index is 0.444. The zero-order valence-corrected chi connectivity index (χ0v) is 13.3. The van der Waals surface area contributed by atoms with Crippen molar-refractivity contribution in [1.29, 1.82) is 0 Å². The van der Waals surface area contributed by atoms with Gasteiger partial charge in [0, 0.05) is 27.4 Å². The van der Waals surface area contributed by atoms with Crippen LogP contribution in [0.3, 0.4) is 0 Å². The first-order valence-corrected chi connectivity index (χ1v) is 8.34. The molecule has 0 aliphatic heterocycles. The Balaban J connectivity index is 0. The molecule has 4 nitrogen and oxygen atoms in total. The van der Waals surface area contributed by atoms with Gasteiger partial charge in [-0.3, -0.25) is 4.79 Å². The van der Waals surface area contributed by atoms with Crippen LogP contribution in [0.5, 0.6) is 0 Å². The summed E-state index contributed by atoms with van der Waals surface area (Å²) in [6.45, 7) is 2.22. The molecule has 0 saturated carbocycles. The molecule has 0 saturated heterocycles. The van der Waals surface area contributed by atoms with Crippen LogP contribution in [-0.2, 0) is 18.1 Å². The van der Waals surface area contributed by atoms with Crippen molar-refractivity contribution >= 4 is 27.1 Å². The molecule has 0 aliphatic rings. The molecule has 0 rings (SSSR count). The molecule has 0 aromatic rings. The van der Waals surface area contributed by atoms with Gasteiger partial charge in [-0.05, 0) is 6.42 Å². The summed E-state index contributed by atoms with van der Waals surface area (Å²) in [5.74, 6) is 0. The summed E-state index contributed by atoms with van der Waals surface area (Å²) < 4.78 is 16.0. The standard InChI is InChI=1S/C10H24O3Si.CH2OS/c1-5-6-7-8-9-10-14(11-2,12-3)13-4;2-1-3/h5-10H2,1-4H3;1H,(H,2,3). The van der Waals surface area contributed by atoms with Gasteiger partial charge in [-0.15, -0.1) is 12.6 Å². The number of hydrogen-bond donors (Lipinski definition) is 1. The molecule has 0 amide bonds. The Morgan fingerprint density at radius 2 is 1.41 bits per heavy atom. The van der Waals surface area contributed by atoms with Crippen molar-refractivity contribution in [3.63, 3.8) is 0 Å². The first-order valence-electron chi connectivity index (χ1n) is 5.89. The molecule has 0 radical (unpaired) electrons. The van der Waals surface area contributed by atoms with E-state index in [9.17, 15) is 0 Å². The van der Waals surface area contributed by atoms with E-state index in [-0.39, 0.29) is 0 Å².